The minimum absolute atomic E-state index is 0.00978. The van der Waals surface area contributed by atoms with Crippen LogP contribution in [0.1, 0.15) is 50.6 Å². The van der Waals surface area contributed by atoms with Crippen LogP contribution in [0.2, 0.25) is 0 Å². The third-order valence-electron chi connectivity index (χ3n) is 7.13. The molecule has 1 heterocycles. The summed E-state index contributed by atoms with van der Waals surface area (Å²) in [6.45, 7) is 1.36. The number of hydrogen-bond acceptors (Lipinski definition) is 5. The molecule has 3 aromatic rings. The summed E-state index contributed by atoms with van der Waals surface area (Å²) in [5, 5.41) is 5.85. The Balaban J connectivity index is 1.54. The number of nitrogens with zero attached hydrogens (tertiary/aromatic N) is 1. The van der Waals surface area contributed by atoms with Crippen LogP contribution < -0.4 is 25.0 Å². The van der Waals surface area contributed by atoms with E-state index < -0.39 is 23.9 Å². The largest absolute Gasteiger partial charge is 0.485 e. The number of halogens is 1. The Morgan fingerprint density at radius 3 is 2.25 bits per heavy atom. The number of rotatable bonds is 7. The van der Waals surface area contributed by atoms with Crippen molar-refractivity contribution in [3.8, 4) is 11.5 Å². The standard InChI is InChI=1S/C31H32FN3O5/c1-20(36)33-24-15-17-25(18-16-24)35(31(38)28-19-39-26-9-5-6-10-27(26)40-28)29(21-11-13-22(32)14-12-21)30(37)34-23-7-3-2-4-8-23/h5-6,9-18,23,28-29H,2-4,7-8,19H2,1H3,(H,33,36)(H,34,37)/t28-,29+/m1/s1. The first kappa shape index (κ1) is 27.2. The fourth-order valence-electron chi connectivity index (χ4n) is 5.20. The zero-order chi connectivity index (χ0) is 28.1. The van der Waals surface area contributed by atoms with E-state index in [2.05, 4.69) is 10.6 Å². The van der Waals surface area contributed by atoms with Crippen LogP contribution in [0.3, 0.4) is 0 Å². The fraction of sp³-hybridized carbons (Fsp3) is 0.323. The van der Waals surface area contributed by atoms with E-state index in [1.807, 2.05) is 6.07 Å². The number of nitrogens with one attached hydrogen (secondary N) is 2. The topological polar surface area (TPSA) is 97.0 Å². The van der Waals surface area contributed by atoms with E-state index in [0.29, 0.717) is 28.4 Å². The fourth-order valence-corrected chi connectivity index (χ4v) is 5.20. The minimum atomic E-state index is -1.11. The lowest BCUT2D eigenvalue weighted by Crippen LogP contribution is -2.52. The number of ether oxygens (including phenoxy) is 2. The highest BCUT2D eigenvalue weighted by molar-refractivity contribution is 6.04. The van der Waals surface area contributed by atoms with Crippen LogP contribution in [0.5, 0.6) is 11.5 Å². The van der Waals surface area contributed by atoms with Crippen molar-refractivity contribution in [2.24, 2.45) is 0 Å². The van der Waals surface area contributed by atoms with Gasteiger partial charge >= 0.3 is 0 Å². The van der Waals surface area contributed by atoms with E-state index in [0.717, 1.165) is 32.1 Å². The summed E-state index contributed by atoms with van der Waals surface area (Å²) in [5.41, 5.74) is 1.40. The number of carbonyl (C=O) groups excluding carboxylic acids is 3. The summed E-state index contributed by atoms with van der Waals surface area (Å²) in [5.74, 6) is -0.581. The van der Waals surface area contributed by atoms with Gasteiger partial charge in [0.1, 0.15) is 18.5 Å². The third-order valence-corrected chi connectivity index (χ3v) is 7.13. The number of anilines is 2. The molecule has 9 heteroatoms. The van der Waals surface area contributed by atoms with Gasteiger partial charge in [0.15, 0.2) is 11.5 Å². The zero-order valence-electron chi connectivity index (χ0n) is 22.3. The van der Waals surface area contributed by atoms with Crippen molar-refractivity contribution in [2.75, 3.05) is 16.8 Å². The molecule has 0 radical (unpaired) electrons. The van der Waals surface area contributed by atoms with Crippen molar-refractivity contribution < 1.29 is 28.2 Å². The van der Waals surface area contributed by atoms with E-state index in [1.54, 1.807) is 42.5 Å². The number of fused-ring (bicyclic) bond motifs is 1. The summed E-state index contributed by atoms with van der Waals surface area (Å²) in [6.07, 6.45) is 3.85. The second-order valence-corrected chi connectivity index (χ2v) is 10.1. The van der Waals surface area contributed by atoms with Gasteiger partial charge in [-0.15, -0.1) is 0 Å². The number of hydrogen-bond donors (Lipinski definition) is 2. The van der Waals surface area contributed by atoms with Gasteiger partial charge in [0.25, 0.3) is 5.91 Å². The van der Waals surface area contributed by atoms with Crippen molar-refractivity contribution in [1.82, 2.24) is 5.32 Å². The molecule has 3 aromatic carbocycles. The second kappa shape index (κ2) is 12.2. The maximum atomic E-state index is 14.2. The van der Waals surface area contributed by atoms with Crippen LogP contribution in [-0.2, 0) is 14.4 Å². The molecule has 40 heavy (non-hydrogen) atoms. The Bertz CT molecular complexity index is 1360. The van der Waals surface area contributed by atoms with E-state index in [4.69, 9.17) is 9.47 Å². The van der Waals surface area contributed by atoms with E-state index >= 15 is 0 Å². The Morgan fingerprint density at radius 2 is 1.57 bits per heavy atom. The maximum Gasteiger partial charge on any atom is 0.272 e. The molecule has 3 amide bonds. The van der Waals surface area contributed by atoms with Crippen molar-refractivity contribution in [3.05, 3.63) is 84.2 Å². The molecule has 208 valence electrons. The van der Waals surface area contributed by atoms with Gasteiger partial charge in [0, 0.05) is 24.3 Å². The normalized spacial score (nSPS) is 17.4. The summed E-state index contributed by atoms with van der Waals surface area (Å²) >= 11 is 0. The first-order chi connectivity index (χ1) is 19.4. The lowest BCUT2D eigenvalue weighted by Gasteiger charge is -2.36. The quantitative estimate of drug-likeness (QED) is 0.428. The van der Waals surface area contributed by atoms with Gasteiger partial charge in [-0.2, -0.15) is 0 Å². The smallest absolute Gasteiger partial charge is 0.272 e. The van der Waals surface area contributed by atoms with Crippen LogP contribution in [-0.4, -0.2) is 36.5 Å². The van der Waals surface area contributed by atoms with Gasteiger partial charge in [0.2, 0.25) is 17.9 Å². The third kappa shape index (κ3) is 6.25. The van der Waals surface area contributed by atoms with Crippen molar-refractivity contribution in [1.29, 1.82) is 0 Å². The van der Waals surface area contributed by atoms with Crippen LogP contribution in [0.15, 0.2) is 72.8 Å². The monoisotopic (exact) mass is 545 g/mol. The number of carbonyl (C=O) groups is 3. The highest BCUT2D eigenvalue weighted by Crippen LogP contribution is 2.35. The highest BCUT2D eigenvalue weighted by Gasteiger charge is 2.39. The van der Waals surface area contributed by atoms with Crippen molar-refractivity contribution >= 4 is 29.1 Å². The minimum Gasteiger partial charge on any atom is -0.485 e. The summed E-state index contributed by atoms with van der Waals surface area (Å²) in [7, 11) is 0. The number of para-hydroxylation sites is 2. The first-order valence-corrected chi connectivity index (χ1v) is 13.5. The zero-order valence-corrected chi connectivity index (χ0v) is 22.3. The van der Waals surface area contributed by atoms with Crippen molar-refractivity contribution in [3.63, 3.8) is 0 Å². The Labute approximate surface area is 232 Å². The summed E-state index contributed by atoms with van der Waals surface area (Å²) < 4.78 is 25.8. The van der Waals surface area contributed by atoms with Crippen LogP contribution >= 0.6 is 0 Å². The van der Waals surface area contributed by atoms with E-state index in [9.17, 15) is 18.8 Å². The highest BCUT2D eigenvalue weighted by atomic mass is 19.1. The Kier molecular flexibility index (Phi) is 8.28. The molecular formula is C31H32FN3O5. The maximum absolute atomic E-state index is 14.2. The number of benzene rings is 3. The van der Waals surface area contributed by atoms with Crippen LogP contribution in [0, 0.1) is 5.82 Å². The van der Waals surface area contributed by atoms with Crippen LogP contribution in [0.4, 0.5) is 15.8 Å². The van der Waals surface area contributed by atoms with Gasteiger partial charge in [-0.3, -0.25) is 19.3 Å². The lowest BCUT2D eigenvalue weighted by molar-refractivity contribution is -0.132. The van der Waals surface area contributed by atoms with Gasteiger partial charge in [-0.1, -0.05) is 43.5 Å². The van der Waals surface area contributed by atoms with Crippen molar-refractivity contribution in [2.45, 2.75) is 57.2 Å². The average Bonchev–Trinajstić information content (AvgIpc) is 2.96. The molecule has 2 aliphatic rings. The first-order valence-electron chi connectivity index (χ1n) is 13.5. The Morgan fingerprint density at radius 1 is 0.900 bits per heavy atom. The molecule has 0 aromatic heterocycles. The molecule has 8 nitrogen and oxygen atoms in total. The molecule has 0 saturated heterocycles. The summed E-state index contributed by atoms with van der Waals surface area (Å²) in [6, 6.07) is 18.2. The molecule has 0 spiro atoms. The van der Waals surface area contributed by atoms with Gasteiger partial charge in [-0.05, 0) is 66.9 Å². The van der Waals surface area contributed by atoms with Crippen LogP contribution in [0.25, 0.3) is 0 Å². The molecule has 2 N–H and O–H groups in total. The van der Waals surface area contributed by atoms with E-state index in [-0.39, 0.29) is 24.5 Å². The molecule has 1 fully saturated rings. The molecule has 0 bridgehead atoms. The van der Waals surface area contributed by atoms with E-state index in [1.165, 1.54) is 36.1 Å². The molecular weight excluding hydrogens is 513 g/mol. The number of amides is 3. The molecule has 2 atom stereocenters. The summed E-state index contributed by atoms with van der Waals surface area (Å²) in [4.78, 5) is 41.2. The average molecular weight is 546 g/mol. The molecule has 1 aliphatic heterocycles. The molecule has 1 aliphatic carbocycles. The predicted molar refractivity (Wildman–Crippen MR) is 149 cm³/mol. The van der Waals surface area contributed by atoms with Gasteiger partial charge in [0.05, 0.1) is 0 Å². The van der Waals surface area contributed by atoms with Gasteiger partial charge in [-0.25, -0.2) is 4.39 Å². The molecule has 1 saturated carbocycles. The second-order valence-electron chi connectivity index (χ2n) is 10.1. The lowest BCUT2D eigenvalue weighted by atomic mass is 9.94. The molecule has 0 unspecified atom stereocenters. The van der Waals surface area contributed by atoms with Gasteiger partial charge < -0.3 is 20.1 Å². The molecule has 5 rings (SSSR count). The predicted octanol–water partition coefficient (Wildman–Crippen LogP) is 5.15. The SMILES string of the molecule is CC(=O)Nc1ccc(N(C(=O)[C@H]2COc3ccccc3O2)[C@H](C(=O)NC2CCCCC2)c2ccc(F)cc2)cc1. The Hall–Kier alpha value is -4.40.